The zero-order chi connectivity index (χ0) is 18.4. The van der Waals surface area contributed by atoms with Crippen molar-refractivity contribution in [2.75, 3.05) is 13.2 Å². The first kappa shape index (κ1) is 18.7. The normalized spacial score (nSPS) is 20.8. The summed E-state index contributed by atoms with van der Waals surface area (Å²) in [6.45, 7) is 3.50. The fourth-order valence-electron chi connectivity index (χ4n) is 4.01. The summed E-state index contributed by atoms with van der Waals surface area (Å²) in [6.07, 6.45) is 8.74. The van der Waals surface area contributed by atoms with Crippen molar-refractivity contribution in [2.45, 2.75) is 64.5 Å². The van der Waals surface area contributed by atoms with Crippen LogP contribution in [0.25, 0.3) is 0 Å². The summed E-state index contributed by atoms with van der Waals surface area (Å²) in [6, 6.07) is 3.40. The quantitative estimate of drug-likeness (QED) is 0.848. The molecule has 0 spiro atoms. The Hall–Kier alpha value is -2.11. The van der Waals surface area contributed by atoms with Gasteiger partial charge in [-0.1, -0.05) is 25.3 Å². The Kier molecular flexibility index (Phi) is 6.47. The van der Waals surface area contributed by atoms with E-state index >= 15 is 0 Å². The maximum Gasteiger partial charge on any atom is 0.243 e. The number of carbonyl (C=O) groups excluding carboxylic acids is 2. The van der Waals surface area contributed by atoms with Gasteiger partial charge in [0.1, 0.15) is 6.04 Å². The summed E-state index contributed by atoms with van der Waals surface area (Å²) in [5.41, 5.74) is 0.853. The average Bonchev–Trinajstić information content (AvgIpc) is 3.17. The lowest BCUT2D eigenvalue weighted by molar-refractivity contribution is -0.142. The van der Waals surface area contributed by atoms with Crippen molar-refractivity contribution in [1.82, 2.24) is 15.2 Å². The molecule has 1 saturated heterocycles. The SMILES string of the molecule is CCOc1ncccc1CNC(=O)C1CCCN1C(=O)C1CCCCC1. The van der Waals surface area contributed by atoms with Crippen LogP contribution in [-0.2, 0) is 16.1 Å². The second-order valence-electron chi connectivity index (χ2n) is 7.14. The summed E-state index contributed by atoms with van der Waals surface area (Å²) in [4.78, 5) is 31.6. The van der Waals surface area contributed by atoms with Gasteiger partial charge in [-0.3, -0.25) is 9.59 Å². The Morgan fingerprint density at radius 2 is 2.04 bits per heavy atom. The van der Waals surface area contributed by atoms with Gasteiger partial charge < -0.3 is 15.0 Å². The first-order valence-corrected chi connectivity index (χ1v) is 9.85. The van der Waals surface area contributed by atoms with Crippen molar-refractivity contribution in [1.29, 1.82) is 0 Å². The lowest BCUT2D eigenvalue weighted by atomic mass is 9.88. The Labute approximate surface area is 155 Å². The fraction of sp³-hybridized carbons (Fsp3) is 0.650. The van der Waals surface area contributed by atoms with Crippen LogP contribution in [0, 0.1) is 5.92 Å². The van der Waals surface area contributed by atoms with E-state index in [4.69, 9.17) is 4.74 Å². The predicted octanol–water partition coefficient (Wildman–Crippen LogP) is 2.67. The molecule has 142 valence electrons. The number of amides is 2. The molecule has 1 N–H and O–H groups in total. The van der Waals surface area contributed by atoms with E-state index in [0.717, 1.165) is 44.1 Å². The van der Waals surface area contributed by atoms with E-state index in [-0.39, 0.29) is 23.8 Å². The third-order valence-electron chi connectivity index (χ3n) is 5.38. The molecule has 1 unspecified atom stereocenters. The van der Waals surface area contributed by atoms with E-state index in [9.17, 15) is 9.59 Å². The van der Waals surface area contributed by atoms with Gasteiger partial charge in [-0.2, -0.15) is 0 Å². The van der Waals surface area contributed by atoms with Gasteiger partial charge in [-0.05, 0) is 38.7 Å². The summed E-state index contributed by atoms with van der Waals surface area (Å²) in [7, 11) is 0. The van der Waals surface area contributed by atoms with Crippen molar-refractivity contribution in [2.24, 2.45) is 5.92 Å². The second-order valence-corrected chi connectivity index (χ2v) is 7.14. The van der Waals surface area contributed by atoms with Crippen LogP contribution in [0.2, 0.25) is 0 Å². The van der Waals surface area contributed by atoms with E-state index in [1.165, 1.54) is 6.42 Å². The van der Waals surface area contributed by atoms with Crippen LogP contribution in [0.1, 0.15) is 57.4 Å². The number of ether oxygens (including phenoxy) is 1. The summed E-state index contributed by atoms with van der Waals surface area (Å²) in [5.74, 6) is 0.772. The molecule has 1 aliphatic heterocycles. The van der Waals surface area contributed by atoms with Crippen LogP contribution in [0.4, 0.5) is 0 Å². The molecule has 2 aliphatic rings. The largest absolute Gasteiger partial charge is 0.478 e. The molecule has 2 amide bonds. The molecule has 0 bridgehead atoms. The van der Waals surface area contributed by atoms with Crippen LogP contribution >= 0.6 is 0 Å². The molecule has 1 atom stereocenters. The molecule has 1 aliphatic carbocycles. The van der Waals surface area contributed by atoms with Crippen molar-refractivity contribution in [3.8, 4) is 5.88 Å². The second kappa shape index (κ2) is 9.01. The minimum Gasteiger partial charge on any atom is -0.478 e. The summed E-state index contributed by atoms with van der Waals surface area (Å²) >= 11 is 0. The average molecular weight is 359 g/mol. The number of pyridine rings is 1. The van der Waals surface area contributed by atoms with Crippen molar-refractivity contribution < 1.29 is 14.3 Å². The molecule has 0 aromatic carbocycles. The van der Waals surface area contributed by atoms with E-state index in [0.29, 0.717) is 25.6 Å². The standard InChI is InChI=1S/C20H29N3O3/c1-2-26-19-16(10-6-12-21-19)14-22-18(24)17-11-7-13-23(17)20(25)15-8-4-3-5-9-15/h6,10,12,15,17H,2-5,7-9,11,13-14H2,1H3,(H,22,24). The third kappa shape index (κ3) is 4.34. The highest BCUT2D eigenvalue weighted by atomic mass is 16.5. The number of hydrogen-bond donors (Lipinski definition) is 1. The van der Waals surface area contributed by atoms with Crippen LogP contribution in [0.5, 0.6) is 5.88 Å². The van der Waals surface area contributed by atoms with E-state index < -0.39 is 0 Å². The first-order valence-electron chi connectivity index (χ1n) is 9.85. The van der Waals surface area contributed by atoms with E-state index in [1.54, 1.807) is 6.20 Å². The number of nitrogens with one attached hydrogen (secondary N) is 1. The third-order valence-corrected chi connectivity index (χ3v) is 5.38. The molecule has 0 radical (unpaired) electrons. The van der Waals surface area contributed by atoms with Crippen LogP contribution in [0.3, 0.4) is 0 Å². The molecule has 26 heavy (non-hydrogen) atoms. The highest BCUT2D eigenvalue weighted by Gasteiger charge is 2.37. The topological polar surface area (TPSA) is 71.5 Å². The fourth-order valence-corrected chi connectivity index (χ4v) is 4.01. The number of likely N-dealkylation sites (tertiary alicyclic amines) is 1. The summed E-state index contributed by atoms with van der Waals surface area (Å²) < 4.78 is 5.51. The molecule has 2 heterocycles. The van der Waals surface area contributed by atoms with Crippen LogP contribution < -0.4 is 10.1 Å². The molecule has 1 aromatic heterocycles. The van der Waals surface area contributed by atoms with Crippen LogP contribution in [0.15, 0.2) is 18.3 Å². The monoisotopic (exact) mass is 359 g/mol. The van der Waals surface area contributed by atoms with Gasteiger partial charge >= 0.3 is 0 Å². The first-order chi connectivity index (χ1) is 12.7. The molecular formula is C20H29N3O3. The lowest BCUT2D eigenvalue weighted by Gasteiger charge is -2.30. The smallest absolute Gasteiger partial charge is 0.243 e. The number of nitrogens with zero attached hydrogens (tertiary/aromatic N) is 2. The molecule has 6 nitrogen and oxygen atoms in total. The Balaban J connectivity index is 1.59. The Bertz CT molecular complexity index is 628. The molecule has 1 aromatic rings. The van der Waals surface area contributed by atoms with Gasteiger partial charge in [0.2, 0.25) is 17.7 Å². The van der Waals surface area contributed by atoms with E-state index in [2.05, 4.69) is 10.3 Å². The zero-order valence-corrected chi connectivity index (χ0v) is 15.6. The Morgan fingerprint density at radius 1 is 1.23 bits per heavy atom. The van der Waals surface area contributed by atoms with Crippen molar-refractivity contribution in [3.63, 3.8) is 0 Å². The predicted molar refractivity (Wildman–Crippen MR) is 98.6 cm³/mol. The van der Waals surface area contributed by atoms with Gasteiger partial charge in [0, 0.05) is 30.8 Å². The minimum absolute atomic E-state index is 0.0713. The number of rotatable bonds is 6. The Morgan fingerprint density at radius 3 is 2.81 bits per heavy atom. The van der Waals surface area contributed by atoms with E-state index in [1.807, 2.05) is 24.0 Å². The van der Waals surface area contributed by atoms with Crippen molar-refractivity contribution in [3.05, 3.63) is 23.9 Å². The molecule has 1 saturated carbocycles. The highest BCUT2D eigenvalue weighted by Crippen LogP contribution is 2.29. The lowest BCUT2D eigenvalue weighted by Crippen LogP contribution is -2.48. The number of aromatic nitrogens is 1. The molecule has 3 rings (SSSR count). The molecular weight excluding hydrogens is 330 g/mol. The highest BCUT2D eigenvalue weighted by molar-refractivity contribution is 5.89. The summed E-state index contributed by atoms with van der Waals surface area (Å²) in [5, 5.41) is 2.97. The van der Waals surface area contributed by atoms with Gasteiger partial charge in [0.15, 0.2) is 0 Å². The van der Waals surface area contributed by atoms with Gasteiger partial charge in [-0.25, -0.2) is 4.98 Å². The molecule has 2 fully saturated rings. The maximum absolute atomic E-state index is 12.8. The van der Waals surface area contributed by atoms with Gasteiger partial charge in [0.25, 0.3) is 0 Å². The minimum atomic E-state index is -0.336. The van der Waals surface area contributed by atoms with Crippen LogP contribution in [-0.4, -0.2) is 40.9 Å². The number of carbonyl (C=O) groups is 2. The molecule has 6 heteroatoms. The maximum atomic E-state index is 12.8. The van der Waals surface area contributed by atoms with Crippen molar-refractivity contribution >= 4 is 11.8 Å². The van der Waals surface area contributed by atoms with Gasteiger partial charge in [-0.15, -0.1) is 0 Å². The van der Waals surface area contributed by atoms with Gasteiger partial charge in [0.05, 0.1) is 6.61 Å². The zero-order valence-electron chi connectivity index (χ0n) is 15.6. The number of hydrogen-bond acceptors (Lipinski definition) is 4.